The van der Waals surface area contributed by atoms with Gasteiger partial charge in [-0.05, 0) is 42.8 Å². The molecule has 1 aromatic heterocycles. The summed E-state index contributed by atoms with van der Waals surface area (Å²) >= 11 is 5.87. The van der Waals surface area contributed by atoms with E-state index in [0.29, 0.717) is 17.4 Å². The number of aromatic nitrogens is 1. The first-order valence-electron chi connectivity index (χ1n) is 7.58. The van der Waals surface area contributed by atoms with Crippen LogP contribution in [0.5, 0.6) is 0 Å². The molecule has 124 valence electrons. The van der Waals surface area contributed by atoms with Crippen LogP contribution in [0.2, 0.25) is 5.02 Å². The van der Waals surface area contributed by atoms with Gasteiger partial charge in [0.1, 0.15) is 5.82 Å². The predicted molar refractivity (Wildman–Crippen MR) is 93.3 cm³/mol. The summed E-state index contributed by atoms with van der Waals surface area (Å²) in [6.07, 6.45) is 1.88. The van der Waals surface area contributed by atoms with E-state index in [-0.39, 0.29) is 24.4 Å². The molecule has 1 saturated heterocycles. The van der Waals surface area contributed by atoms with Crippen molar-refractivity contribution in [1.29, 1.82) is 0 Å². The number of nitrogens with zero attached hydrogens (tertiary/aromatic N) is 2. The molecule has 1 aliphatic rings. The molecule has 3 amide bonds. The fourth-order valence-electron chi connectivity index (χ4n) is 2.62. The minimum absolute atomic E-state index is 0.0309. The van der Waals surface area contributed by atoms with Crippen molar-refractivity contribution in [3.63, 3.8) is 0 Å². The predicted octanol–water partition coefficient (Wildman–Crippen LogP) is 2.97. The maximum Gasteiger partial charge on any atom is 0.320 e. The van der Waals surface area contributed by atoms with E-state index in [1.54, 1.807) is 41.4 Å². The van der Waals surface area contributed by atoms with Crippen molar-refractivity contribution in [3.8, 4) is 0 Å². The van der Waals surface area contributed by atoms with Gasteiger partial charge < -0.3 is 10.2 Å². The Morgan fingerprint density at radius 1 is 1.29 bits per heavy atom. The highest BCUT2D eigenvalue weighted by atomic mass is 35.5. The lowest BCUT2D eigenvalue weighted by Crippen LogP contribution is -2.40. The van der Waals surface area contributed by atoms with Crippen LogP contribution >= 0.6 is 11.6 Å². The largest absolute Gasteiger partial charge is 0.333 e. The summed E-state index contributed by atoms with van der Waals surface area (Å²) in [5.41, 5.74) is 1.65. The number of pyridine rings is 1. The SMILES string of the molecule is Cc1cccnc1NC(=O)NC1CC(=O)N(c2ccc(Cl)cc2)C1. The summed E-state index contributed by atoms with van der Waals surface area (Å²) in [5.74, 6) is 0.477. The van der Waals surface area contributed by atoms with Gasteiger partial charge in [-0.3, -0.25) is 10.1 Å². The van der Waals surface area contributed by atoms with Crippen molar-refractivity contribution < 1.29 is 9.59 Å². The molecular formula is C17H17ClN4O2. The molecule has 2 N–H and O–H groups in total. The van der Waals surface area contributed by atoms with Crippen LogP contribution < -0.4 is 15.5 Å². The van der Waals surface area contributed by atoms with Gasteiger partial charge in [0, 0.05) is 29.9 Å². The molecule has 0 aliphatic carbocycles. The molecule has 0 spiro atoms. The van der Waals surface area contributed by atoms with Crippen LogP contribution in [0.1, 0.15) is 12.0 Å². The van der Waals surface area contributed by atoms with Crippen LogP contribution in [-0.4, -0.2) is 29.5 Å². The van der Waals surface area contributed by atoms with Gasteiger partial charge in [-0.1, -0.05) is 17.7 Å². The lowest BCUT2D eigenvalue weighted by Gasteiger charge is -2.17. The van der Waals surface area contributed by atoms with Crippen LogP contribution in [0.3, 0.4) is 0 Å². The zero-order chi connectivity index (χ0) is 17.1. The van der Waals surface area contributed by atoms with Gasteiger partial charge in [0.25, 0.3) is 0 Å². The summed E-state index contributed by atoms with van der Waals surface area (Å²) in [6.45, 7) is 2.29. The van der Waals surface area contributed by atoms with E-state index in [2.05, 4.69) is 15.6 Å². The topological polar surface area (TPSA) is 74.3 Å². The molecule has 1 aliphatic heterocycles. The molecule has 3 rings (SSSR count). The first kappa shape index (κ1) is 16.3. The van der Waals surface area contributed by atoms with Crippen LogP contribution in [0.4, 0.5) is 16.3 Å². The Morgan fingerprint density at radius 3 is 2.75 bits per heavy atom. The lowest BCUT2D eigenvalue weighted by molar-refractivity contribution is -0.117. The number of anilines is 2. The third-order valence-electron chi connectivity index (χ3n) is 3.84. The molecule has 2 aromatic rings. The van der Waals surface area contributed by atoms with Crippen molar-refractivity contribution in [3.05, 3.63) is 53.2 Å². The molecule has 1 unspecified atom stereocenters. The fraction of sp³-hybridized carbons (Fsp3) is 0.235. The highest BCUT2D eigenvalue weighted by Gasteiger charge is 2.31. The number of aryl methyl sites for hydroxylation is 1. The maximum absolute atomic E-state index is 12.2. The highest BCUT2D eigenvalue weighted by Crippen LogP contribution is 2.23. The number of hydrogen-bond acceptors (Lipinski definition) is 3. The second-order valence-corrected chi connectivity index (χ2v) is 6.09. The second-order valence-electron chi connectivity index (χ2n) is 5.65. The average molecular weight is 345 g/mol. The third-order valence-corrected chi connectivity index (χ3v) is 4.09. The Labute approximate surface area is 144 Å². The van der Waals surface area contributed by atoms with Gasteiger partial charge in [0.2, 0.25) is 5.91 Å². The van der Waals surface area contributed by atoms with Gasteiger partial charge in [-0.25, -0.2) is 9.78 Å². The number of nitrogens with one attached hydrogen (secondary N) is 2. The smallest absolute Gasteiger partial charge is 0.320 e. The van der Waals surface area contributed by atoms with Gasteiger partial charge in [-0.2, -0.15) is 0 Å². The Morgan fingerprint density at radius 2 is 2.04 bits per heavy atom. The first-order chi connectivity index (χ1) is 11.5. The molecule has 1 atom stereocenters. The van der Waals surface area contributed by atoms with Crippen molar-refractivity contribution >= 4 is 35.0 Å². The van der Waals surface area contributed by atoms with Crippen LogP contribution in [0.25, 0.3) is 0 Å². The second kappa shape index (κ2) is 6.88. The minimum Gasteiger partial charge on any atom is -0.333 e. The first-order valence-corrected chi connectivity index (χ1v) is 7.96. The molecule has 0 saturated carbocycles. The Balaban J connectivity index is 1.61. The number of carbonyl (C=O) groups is 2. The number of rotatable bonds is 3. The Bertz CT molecular complexity index is 763. The van der Waals surface area contributed by atoms with Gasteiger partial charge >= 0.3 is 6.03 Å². The lowest BCUT2D eigenvalue weighted by atomic mass is 10.2. The van der Waals surface area contributed by atoms with Crippen molar-refractivity contribution in [2.45, 2.75) is 19.4 Å². The van der Waals surface area contributed by atoms with Crippen LogP contribution in [0, 0.1) is 6.92 Å². The van der Waals surface area contributed by atoms with E-state index in [9.17, 15) is 9.59 Å². The number of amides is 3. The molecule has 24 heavy (non-hydrogen) atoms. The zero-order valence-electron chi connectivity index (χ0n) is 13.1. The van der Waals surface area contributed by atoms with E-state index in [1.165, 1.54) is 0 Å². The summed E-state index contributed by atoms with van der Waals surface area (Å²) in [6, 6.07) is 10.1. The summed E-state index contributed by atoms with van der Waals surface area (Å²) in [4.78, 5) is 30.0. The van der Waals surface area contributed by atoms with Crippen LogP contribution in [0.15, 0.2) is 42.6 Å². The van der Waals surface area contributed by atoms with E-state index >= 15 is 0 Å². The normalized spacial score (nSPS) is 17.0. The van der Waals surface area contributed by atoms with Gasteiger partial charge in [-0.15, -0.1) is 0 Å². The van der Waals surface area contributed by atoms with E-state index < -0.39 is 0 Å². The quantitative estimate of drug-likeness (QED) is 0.899. The fourth-order valence-corrected chi connectivity index (χ4v) is 2.75. The highest BCUT2D eigenvalue weighted by molar-refractivity contribution is 6.30. The summed E-state index contributed by atoms with van der Waals surface area (Å²) in [5, 5.41) is 6.14. The Kier molecular flexibility index (Phi) is 4.66. The molecule has 0 bridgehead atoms. The number of hydrogen-bond donors (Lipinski definition) is 2. The minimum atomic E-state index is -0.368. The number of urea groups is 1. The van der Waals surface area contributed by atoms with E-state index in [0.717, 1.165) is 11.3 Å². The maximum atomic E-state index is 12.2. The molecule has 6 nitrogen and oxygen atoms in total. The molecular weight excluding hydrogens is 328 g/mol. The van der Waals surface area contributed by atoms with Crippen molar-refractivity contribution in [2.24, 2.45) is 0 Å². The summed E-state index contributed by atoms with van der Waals surface area (Å²) < 4.78 is 0. The zero-order valence-corrected chi connectivity index (χ0v) is 13.9. The molecule has 2 heterocycles. The molecule has 7 heteroatoms. The molecule has 1 aromatic carbocycles. The number of halogens is 1. The molecule has 1 fully saturated rings. The Hall–Kier alpha value is -2.60. The number of carbonyl (C=O) groups excluding carboxylic acids is 2. The van der Waals surface area contributed by atoms with Crippen LogP contribution in [-0.2, 0) is 4.79 Å². The van der Waals surface area contributed by atoms with Crippen molar-refractivity contribution in [1.82, 2.24) is 10.3 Å². The number of benzene rings is 1. The van der Waals surface area contributed by atoms with E-state index in [1.807, 2.05) is 13.0 Å². The monoisotopic (exact) mass is 344 g/mol. The molecule has 0 radical (unpaired) electrons. The van der Waals surface area contributed by atoms with Gasteiger partial charge in [0.05, 0.1) is 6.04 Å². The standard InChI is InChI=1S/C17H17ClN4O2/c1-11-3-2-8-19-16(11)21-17(24)20-13-9-15(23)22(10-13)14-6-4-12(18)5-7-14/h2-8,13H,9-10H2,1H3,(H2,19,20,21,24). The van der Waals surface area contributed by atoms with Gasteiger partial charge in [0.15, 0.2) is 0 Å². The third kappa shape index (κ3) is 3.65. The van der Waals surface area contributed by atoms with Crippen molar-refractivity contribution in [2.75, 3.05) is 16.8 Å². The summed E-state index contributed by atoms with van der Waals surface area (Å²) in [7, 11) is 0. The van der Waals surface area contributed by atoms with E-state index in [4.69, 9.17) is 11.6 Å². The average Bonchev–Trinajstić information content (AvgIpc) is 2.90.